The SMILES string of the molecule is COC(=O)Nc1ccc(S(=O)(=O)Nc2nccs2)cc1. The highest BCUT2D eigenvalue weighted by Gasteiger charge is 2.15. The summed E-state index contributed by atoms with van der Waals surface area (Å²) < 4.78 is 30.9. The second-order valence-electron chi connectivity index (χ2n) is 3.58. The molecule has 1 amide bonds. The van der Waals surface area contributed by atoms with Gasteiger partial charge in [-0.15, -0.1) is 11.3 Å². The second kappa shape index (κ2) is 5.88. The zero-order valence-electron chi connectivity index (χ0n) is 10.4. The van der Waals surface area contributed by atoms with Gasteiger partial charge in [0, 0.05) is 17.3 Å². The van der Waals surface area contributed by atoms with Crippen LogP contribution in [0.15, 0.2) is 40.7 Å². The van der Waals surface area contributed by atoms with Crippen LogP contribution in [0.1, 0.15) is 0 Å². The van der Waals surface area contributed by atoms with E-state index < -0.39 is 16.1 Å². The minimum absolute atomic E-state index is 0.0723. The normalized spacial score (nSPS) is 10.8. The zero-order valence-corrected chi connectivity index (χ0v) is 12.0. The van der Waals surface area contributed by atoms with Gasteiger partial charge in [0.15, 0.2) is 5.13 Å². The number of hydrogen-bond acceptors (Lipinski definition) is 6. The maximum Gasteiger partial charge on any atom is 0.411 e. The van der Waals surface area contributed by atoms with Gasteiger partial charge in [0.05, 0.1) is 12.0 Å². The van der Waals surface area contributed by atoms with Gasteiger partial charge >= 0.3 is 6.09 Å². The Kier molecular flexibility index (Phi) is 4.20. The van der Waals surface area contributed by atoms with Crippen LogP contribution >= 0.6 is 11.3 Å². The number of carbonyl (C=O) groups excluding carboxylic acids is 1. The standard InChI is InChI=1S/C11H11N3O4S2/c1-18-11(15)13-8-2-4-9(5-3-8)20(16,17)14-10-12-6-7-19-10/h2-7H,1H3,(H,12,14)(H,13,15). The molecular weight excluding hydrogens is 302 g/mol. The van der Waals surface area contributed by atoms with Crippen LogP contribution in [0.25, 0.3) is 0 Å². The van der Waals surface area contributed by atoms with Crippen molar-refractivity contribution >= 4 is 38.3 Å². The van der Waals surface area contributed by atoms with Gasteiger partial charge in [-0.3, -0.25) is 10.0 Å². The molecule has 2 rings (SSSR count). The van der Waals surface area contributed by atoms with Crippen molar-refractivity contribution in [2.45, 2.75) is 4.90 Å². The van der Waals surface area contributed by atoms with Crippen molar-refractivity contribution in [3.05, 3.63) is 35.8 Å². The molecule has 0 atom stereocenters. The van der Waals surface area contributed by atoms with E-state index in [-0.39, 0.29) is 4.90 Å². The quantitative estimate of drug-likeness (QED) is 0.901. The molecule has 0 saturated heterocycles. The first kappa shape index (κ1) is 14.3. The third-order valence-corrected chi connectivity index (χ3v) is 4.42. The number of rotatable bonds is 4. The first-order valence-corrected chi connectivity index (χ1v) is 7.75. The largest absolute Gasteiger partial charge is 0.453 e. The zero-order chi connectivity index (χ0) is 14.6. The Morgan fingerprint density at radius 1 is 1.30 bits per heavy atom. The molecule has 9 heteroatoms. The maximum atomic E-state index is 12.0. The lowest BCUT2D eigenvalue weighted by Gasteiger charge is -2.07. The number of thiazole rings is 1. The second-order valence-corrected chi connectivity index (χ2v) is 6.16. The molecule has 0 radical (unpaired) electrons. The lowest BCUT2D eigenvalue weighted by atomic mass is 10.3. The van der Waals surface area contributed by atoms with E-state index in [1.165, 1.54) is 48.9 Å². The summed E-state index contributed by atoms with van der Waals surface area (Å²) in [4.78, 5) is 14.9. The number of methoxy groups -OCH3 is 1. The molecule has 0 fully saturated rings. The van der Waals surface area contributed by atoms with Gasteiger partial charge in [-0.25, -0.2) is 18.2 Å². The monoisotopic (exact) mass is 313 g/mol. The van der Waals surface area contributed by atoms with Crippen LogP contribution in [0, 0.1) is 0 Å². The molecule has 0 bridgehead atoms. The smallest absolute Gasteiger partial charge is 0.411 e. The average molecular weight is 313 g/mol. The molecule has 1 aromatic heterocycles. The number of nitrogens with one attached hydrogen (secondary N) is 2. The molecule has 1 aromatic carbocycles. The molecule has 2 aromatic rings. The highest BCUT2D eigenvalue weighted by atomic mass is 32.2. The summed E-state index contributed by atoms with van der Waals surface area (Å²) in [6, 6.07) is 5.68. The Balaban J connectivity index is 2.14. The Morgan fingerprint density at radius 3 is 2.55 bits per heavy atom. The molecule has 0 spiro atoms. The van der Waals surface area contributed by atoms with Gasteiger partial charge in [-0.05, 0) is 24.3 Å². The number of benzene rings is 1. The van der Waals surface area contributed by atoms with E-state index in [2.05, 4.69) is 19.8 Å². The summed E-state index contributed by atoms with van der Waals surface area (Å²) in [5.74, 6) is 0. The number of aromatic nitrogens is 1. The van der Waals surface area contributed by atoms with Crippen molar-refractivity contribution in [2.75, 3.05) is 17.1 Å². The lowest BCUT2D eigenvalue weighted by molar-refractivity contribution is 0.187. The Morgan fingerprint density at radius 2 is 2.00 bits per heavy atom. The summed E-state index contributed by atoms with van der Waals surface area (Å²) in [7, 11) is -2.44. The van der Waals surface area contributed by atoms with E-state index >= 15 is 0 Å². The van der Waals surface area contributed by atoms with Gasteiger partial charge in [-0.2, -0.15) is 0 Å². The third-order valence-electron chi connectivity index (χ3n) is 2.25. The maximum absolute atomic E-state index is 12.0. The van der Waals surface area contributed by atoms with Gasteiger partial charge in [0.25, 0.3) is 10.0 Å². The summed E-state index contributed by atoms with van der Waals surface area (Å²) in [6.07, 6.45) is 0.882. The van der Waals surface area contributed by atoms with Crippen molar-refractivity contribution in [3.8, 4) is 0 Å². The number of amides is 1. The Bertz CT molecular complexity index is 681. The van der Waals surface area contributed by atoms with Crippen molar-refractivity contribution in [1.29, 1.82) is 0 Å². The highest BCUT2D eigenvalue weighted by molar-refractivity contribution is 7.93. The van der Waals surface area contributed by atoms with Crippen LogP contribution < -0.4 is 10.0 Å². The molecule has 0 saturated carbocycles. The predicted molar refractivity (Wildman–Crippen MR) is 75.4 cm³/mol. The average Bonchev–Trinajstić information content (AvgIpc) is 2.91. The van der Waals surface area contributed by atoms with Crippen LogP contribution in [-0.4, -0.2) is 26.6 Å². The molecular formula is C11H11N3O4S2. The predicted octanol–water partition coefficient (Wildman–Crippen LogP) is 2.12. The molecule has 2 N–H and O–H groups in total. The van der Waals surface area contributed by atoms with E-state index in [9.17, 15) is 13.2 Å². The molecule has 1 heterocycles. The molecule has 106 valence electrons. The summed E-state index contributed by atoms with van der Waals surface area (Å²) in [5, 5.41) is 4.39. The summed E-state index contributed by atoms with van der Waals surface area (Å²) in [5.41, 5.74) is 0.435. The van der Waals surface area contributed by atoms with E-state index in [0.717, 1.165) is 0 Å². The Labute approximate surface area is 119 Å². The van der Waals surface area contributed by atoms with Gasteiger partial charge in [0.1, 0.15) is 0 Å². The van der Waals surface area contributed by atoms with E-state index in [0.29, 0.717) is 10.8 Å². The first-order chi connectivity index (χ1) is 9.51. The van der Waals surface area contributed by atoms with Crippen LogP contribution in [0.2, 0.25) is 0 Å². The molecule has 0 unspecified atom stereocenters. The van der Waals surface area contributed by atoms with E-state index in [1.807, 2.05) is 0 Å². The van der Waals surface area contributed by atoms with Crippen molar-refractivity contribution in [3.63, 3.8) is 0 Å². The fourth-order valence-corrected chi connectivity index (χ4v) is 3.12. The molecule has 0 aliphatic heterocycles. The van der Waals surface area contributed by atoms with E-state index in [1.54, 1.807) is 5.38 Å². The highest BCUT2D eigenvalue weighted by Crippen LogP contribution is 2.19. The van der Waals surface area contributed by atoms with E-state index in [4.69, 9.17) is 0 Å². The third kappa shape index (κ3) is 3.45. The van der Waals surface area contributed by atoms with Gasteiger partial charge in [0.2, 0.25) is 0 Å². The van der Waals surface area contributed by atoms with Crippen molar-refractivity contribution in [1.82, 2.24) is 4.98 Å². The molecule has 0 aliphatic rings. The van der Waals surface area contributed by atoms with Crippen molar-refractivity contribution in [2.24, 2.45) is 0 Å². The fourth-order valence-electron chi connectivity index (χ4n) is 1.33. The fraction of sp³-hybridized carbons (Fsp3) is 0.0909. The molecule has 7 nitrogen and oxygen atoms in total. The minimum Gasteiger partial charge on any atom is -0.453 e. The number of ether oxygens (including phenoxy) is 1. The van der Waals surface area contributed by atoms with Crippen molar-refractivity contribution < 1.29 is 17.9 Å². The number of nitrogens with zero attached hydrogens (tertiary/aromatic N) is 1. The lowest BCUT2D eigenvalue weighted by Crippen LogP contribution is -2.13. The van der Waals surface area contributed by atoms with Gasteiger partial charge < -0.3 is 4.74 Å². The van der Waals surface area contributed by atoms with Gasteiger partial charge in [-0.1, -0.05) is 0 Å². The Hall–Kier alpha value is -2.13. The molecule has 20 heavy (non-hydrogen) atoms. The first-order valence-electron chi connectivity index (χ1n) is 5.38. The number of anilines is 2. The number of hydrogen-bond donors (Lipinski definition) is 2. The number of carbonyl (C=O) groups is 1. The van der Waals surface area contributed by atoms with Crippen LogP contribution in [0.5, 0.6) is 0 Å². The number of sulfonamides is 1. The topological polar surface area (TPSA) is 97.4 Å². The minimum atomic E-state index is -3.68. The van der Waals surface area contributed by atoms with Crippen LogP contribution in [-0.2, 0) is 14.8 Å². The van der Waals surface area contributed by atoms with Crippen LogP contribution in [0.3, 0.4) is 0 Å². The van der Waals surface area contributed by atoms with Crippen LogP contribution in [0.4, 0.5) is 15.6 Å². The summed E-state index contributed by atoms with van der Waals surface area (Å²) >= 11 is 1.18. The summed E-state index contributed by atoms with van der Waals surface area (Å²) in [6.45, 7) is 0. The molecule has 0 aliphatic carbocycles.